The summed E-state index contributed by atoms with van der Waals surface area (Å²) in [5, 5.41) is 0.889. The molecule has 0 saturated heterocycles. The Morgan fingerprint density at radius 1 is 0.531 bits per heavy atom. The first-order valence-electron chi connectivity index (χ1n) is 16.4. The van der Waals surface area contributed by atoms with Crippen molar-refractivity contribution in [2.75, 3.05) is 28.4 Å². The van der Waals surface area contributed by atoms with Crippen molar-refractivity contribution in [1.82, 2.24) is 0 Å². The highest BCUT2D eigenvalue weighted by molar-refractivity contribution is 8.17. The predicted octanol–water partition coefficient (Wildman–Crippen LogP) is 12.0. The highest BCUT2D eigenvalue weighted by Crippen LogP contribution is 2.45. The van der Waals surface area contributed by atoms with E-state index in [1.807, 2.05) is 0 Å². The lowest BCUT2D eigenvalue weighted by molar-refractivity contribution is -0.276. The average molecular weight is 1110 g/mol. The molecule has 1 aliphatic carbocycles. The summed E-state index contributed by atoms with van der Waals surface area (Å²) in [6.45, 7) is 0. The monoisotopic (exact) mass is 1110 g/mol. The van der Waals surface area contributed by atoms with Crippen LogP contribution >= 0.6 is 78.5 Å². The summed E-state index contributed by atoms with van der Waals surface area (Å²) in [5.74, 6) is -5.02. The van der Waals surface area contributed by atoms with Crippen LogP contribution in [0.2, 0.25) is 20.1 Å². The molecule has 4 aromatic rings. The zero-order valence-corrected chi connectivity index (χ0v) is 39.9. The summed E-state index contributed by atoms with van der Waals surface area (Å²) in [7, 11) is 8.38. The van der Waals surface area contributed by atoms with Gasteiger partial charge < -0.3 is 28.4 Å². The van der Waals surface area contributed by atoms with E-state index in [9.17, 15) is 51.6 Å². The Labute approximate surface area is 395 Å². The van der Waals surface area contributed by atoms with Gasteiger partial charge in [0.15, 0.2) is 5.75 Å². The summed E-state index contributed by atoms with van der Waals surface area (Å²) in [6, 6.07) is 14.3. The lowest BCUT2D eigenvalue weighted by Crippen LogP contribution is -2.43. The summed E-state index contributed by atoms with van der Waals surface area (Å²) in [4.78, 5) is -1.64. The summed E-state index contributed by atoms with van der Waals surface area (Å²) >= 11 is 24.0. The molecule has 4 aromatic carbocycles. The topological polar surface area (TPSA) is 158 Å². The van der Waals surface area contributed by atoms with E-state index in [-0.39, 0.29) is 19.8 Å². The van der Waals surface area contributed by atoms with E-state index < -0.39 is 79.0 Å². The van der Waals surface area contributed by atoms with Crippen LogP contribution in [0.15, 0.2) is 106 Å². The summed E-state index contributed by atoms with van der Waals surface area (Å²) in [5.41, 5.74) is -0.283. The molecule has 0 N–H and O–H groups in total. The van der Waals surface area contributed by atoms with Crippen LogP contribution in [-0.4, -0.2) is 78.0 Å². The molecule has 0 aromatic heterocycles. The van der Waals surface area contributed by atoms with Gasteiger partial charge in [-0.15, -0.1) is 26.3 Å². The molecule has 0 heterocycles. The fourth-order valence-corrected chi connectivity index (χ4v) is 9.90. The molecular formula is C36H27Cl7F6O12S3. The number of alkyl halides is 6. The average Bonchev–Trinajstić information content (AvgIpc) is 3.18. The molecule has 0 radical (unpaired) electrons. The molecule has 0 atom stereocenters. The quantitative estimate of drug-likeness (QED) is 0.0607. The number of hydrogen-bond donors (Lipinski definition) is 0. The van der Waals surface area contributed by atoms with Crippen LogP contribution in [0.4, 0.5) is 26.3 Å². The number of benzene rings is 4. The van der Waals surface area contributed by atoms with E-state index in [2.05, 4.69) is 9.47 Å². The van der Waals surface area contributed by atoms with Crippen molar-refractivity contribution in [2.24, 2.45) is 0 Å². The van der Waals surface area contributed by atoms with E-state index in [1.54, 1.807) is 18.2 Å². The van der Waals surface area contributed by atoms with E-state index in [1.165, 1.54) is 64.9 Å². The molecule has 1 aliphatic rings. The van der Waals surface area contributed by atoms with Crippen molar-refractivity contribution in [3.8, 4) is 33.8 Å². The molecule has 12 nitrogen and oxygen atoms in total. The van der Waals surface area contributed by atoms with E-state index in [4.69, 9.17) is 97.4 Å². The van der Waals surface area contributed by atoms with E-state index >= 15 is 0 Å². The first kappa shape index (κ1) is 55.6. The van der Waals surface area contributed by atoms with Crippen molar-refractivity contribution < 1.29 is 80.0 Å². The Morgan fingerprint density at radius 2 is 1.06 bits per heavy atom. The Balaban J connectivity index is 0.000000261. The number of para-hydroxylation sites is 2. The predicted molar refractivity (Wildman–Crippen MR) is 229 cm³/mol. The minimum atomic E-state index is -5.33. The highest BCUT2D eigenvalue weighted by atomic mass is 35.7. The van der Waals surface area contributed by atoms with Gasteiger partial charge in [0.05, 0.1) is 5.02 Å². The van der Waals surface area contributed by atoms with Gasteiger partial charge in [0, 0.05) is 104 Å². The second-order valence-electron chi connectivity index (χ2n) is 12.0. The number of halogens is 13. The number of methoxy groups -OCH3 is 4. The smallest absolute Gasteiger partial charge is 0.405 e. The second kappa shape index (κ2) is 21.5. The maximum Gasteiger partial charge on any atom is 0.573 e. The Hall–Kier alpha value is -2.74. The fraction of sp³-hybridized carbons (Fsp3) is 0.222. The molecule has 0 saturated carbocycles. The van der Waals surface area contributed by atoms with Crippen LogP contribution < -0.4 is 9.47 Å². The fourth-order valence-electron chi connectivity index (χ4n) is 5.32. The molecule has 352 valence electrons. The molecule has 28 heteroatoms. The molecule has 0 bridgehead atoms. The molecule has 5 rings (SSSR count). The van der Waals surface area contributed by atoms with Gasteiger partial charge in [-0.05, 0) is 54.6 Å². The zero-order chi connectivity index (χ0) is 48.9. The second-order valence-corrected chi connectivity index (χ2v) is 21.2. The molecule has 0 fully saturated rings. The van der Waals surface area contributed by atoms with Crippen LogP contribution in [0.25, 0.3) is 22.3 Å². The van der Waals surface area contributed by atoms with Crippen molar-refractivity contribution in [2.45, 2.75) is 34.1 Å². The van der Waals surface area contributed by atoms with Crippen LogP contribution in [0.1, 0.15) is 0 Å². The van der Waals surface area contributed by atoms with Gasteiger partial charge in [-0.3, -0.25) is 0 Å². The third-order valence-corrected chi connectivity index (χ3v) is 13.5. The van der Waals surface area contributed by atoms with Crippen LogP contribution in [0, 0.1) is 0 Å². The van der Waals surface area contributed by atoms with Crippen LogP contribution in [-0.2, 0) is 46.1 Å². The van der Waals surface area contributed by atoms with Gasteiger partial charge in [0.25, 0.3) is 27.2 Å². The van der Waals surface area contributed by atoms with Gasteiger partial charge in [-0.1, -0.05) is 76.7 Å². The molecular weight excluding hydrogens is 1080 g/mol. The summed E-state index contributed by atoms with van der Waals surface area (Å²) in [6.07, 6.45) is -6.41. The first-order chi connectivity index (χ1) is 29.3. The van der Waals surface area contributed by atoms with Crippen molar-refractivity contribution in [3.63, 3.8) is 0 Å². The Bertz CT molecular complexity index is 2750. The Kier molecular flexibility index (Phi) is 18.7. The van der Waals surface area contributed by atoms with Crippen molar-refractivity contribution >= 4 is 106 Å². The molecule has 0 amide bonds. The van der Waals surface area contributed by atoms with Crippen LogP contribution in [0.5, 0.6) is 11.5 Å². The van der Waals surface area contributed by atoms with Gasteiger partial charge in [-0.2, -0.15) is 0 Å². The van der Waals surface area contributed by atoms with Gasteiger partial charge >= 0.3 is 12.7 Å². The normalized spacial score (nSPS) is 14.9. The summed E-state index contributed by atoms with van der Waals surface area (Å²) < 4.78 is 173. The first-order valence-corrected chi connectivity index (χ1v) is 24.9. The minimum Gasteiger partial charge on any atom is -0.405 e. The van der Waals surface area contributed by atoms with Gasteiger partial charge in [0.1, 0.15) is 20.4 Å². The lowest BCUT2D eigenvalue weighted by atomic mass is 10.0. The van der Waals surface area contributed by atoms with Gasteiger partial charge in [-0.25, -0.2) is 25.3 Å². The van der Waals surface area contributed by atoms with Crippen molar-refractivity contribution in [1.29, 1.82) is 0 Å². The minimum absolute atomic E-state index is 0.0615. The van der Waals surface area contributed by atoms with Crippen molar-refractivity contribution in [3.05, 3.63) is 116 Å². The zero-order valence-electron chi connectivity index (χ0n) is 32.2. The molecule has 64 heavy (non-hydrogen) atoms. The van der Waals surface area contributed by atoms with Crippen LogP contribution in [0.3, 0.4) is 0 Å². The highest BCUT2D eigenvalue weighted by Gasteiger charge is 2.46. The van der Waals surface area contributed by atoms with E-state index in [0.29, 0.717) is 21.2 Å². The largest absolute Gasteiger partial charge is 0.573 e. The molecule has 0 spiro atoms. The maximum absolute atomic E-state index is 12.7. The SMILES string of the molecule is COC1(OC)C=CC(OC)(OC)C(S(=O)(=O)Cl)=C1.O=S(=O)(Cl)c1cc(Cl)cc(-c2cc(Cl)ccc2Cl)c1Cl.O=S(=O)(Cl)c1cccc(-c2ccccc2OC(F)(F)F)c1OC(F)(F)F. The molecule has 0 unspecified atom stereocenters. The third-order valence-electron chi connectivity index (χ3n) is 8.07. The van der Waals surface area contributed by atoms with Gasteiger partial charge in [0.2, 0.25) is 11.6 Å². The number of rotatable bonds is 11. The number of ether oxygens (including phenoxy) is 6. The number of hydrogen-bond acceptors (Lipinski definition) is 12. The maximum atomic E-state index is 12.7. The standard InChI is InChI=1S/C14H7ClF6O4S.C12H5Cl5O2S.C10H15ClO6S/c15-26(22,23)11-7-3-5-9(12(11)25-14(19,20)21)8-4-1-2-6-10(8)24-13(16,17)18;13-6-1-2-10(15)8(3-6)9-4-7(14)5-11(12(9)16)20(17,18)19;1-14-9(15-2)5-6-10(16-3,17-4)8(7-9)18(11,12)13/h1-7H;1-5H;5-7H,1-4H3. The molecule has 0 aliphatic heterocycles. The van der Waals surface area contributed by atoms with E-state index in [0.717, 1.165) is 36.4 Å². The third kappa shape index (κ3) is 14.6. The lowest BCUT2D eigenvalue weighted by Gasteiger charge is -2.36. The Morgan fingerprint density at radius 3 is 1.56 bits per heavy atom.